The highest BCUT2D eigenvalue weighted by molar-refractivity contribution is 8.41. The number of hydrogen-bond donors (Lipinski definition) is 0. The van der Waals surface area contributed by atoms with Gasteiger partial charge in [0.05, 0.1) is 19.7 Å². The standard InChI is InChI=1S/C30H46O4P4/c1-3-4-11-23-29(34-38(36)37)26(2)18-12-7-5-6-8-15-21-28(33-35)22-16-10-17-24-30(31)32-25-27-19-13-9-14-20-27/h4-9,11-15,18-21,26,28-29H,3,10,16-17,22-25,35-37H2,1-2H3/b7-5+,8-6-,11-4-,18-12+,21-15+. The number of unbranched alkanes of at least 4 members (excludes halogenated alkanes) is 2. The van der Waals surface area contributed by atoms with Crippen molar-refractivity contribution in [2.75, 3.05) is 0 Å². The van der Waals surface area contributed by atoms with Crippen LogP contribution in [0.1, 0.15) is 64.4 Å². The van der Waals surface area contributed by atoms with Gasteiger partial charge in [0.1, 0.15) is 6.61 Å². The predicted molar refractivity (Wildman–Crippen MR) is 175 cm³/mol. The summed E-state index contributed by atoms with van der Waals surface area (Å²) in [6.07, 6.45) is 27.2. The molecule has 0 amide bonds. The molecule has 0 radical (unpaired) electrons. The van der Waals surface area contributed by atoms with Crippen molar-refractivity contribution in [2.45, 2.75) is 77.6 Å². The van der Waals surface area contributed by atoms with E-state index >= 15 is 0 Å². The second-order valence-electron chi connectivity index (χ2n) is 8.94. The lowest BCUT2D eigenvalue weighted by atomic mass is 10.0. The monoisotopic (exact) mass is 594 g/mol. The van der Waals surface area contributed by atoms with Crippen molar-refractivity contribution >= 4 is 40.8 Å². The third-order valence-corrected chi connectivity index (χ3v) is 7.29. The normalized spacial score (nSPS) is 15.0. The van der Waals surface area contributed by atoms with E-state index in [1.165, 1.54) is 0 Å². The second-order valence-corrected chi connectivity index (χ2v) is 15.0. The van der Waals surface area contributed by atoms with Gasteiger partial charge in [-0.3, -0.25) is 4.79 Å². The quantitative estimate of drug-likeness (QED) is 0.0496. The lowest BCUT2D eigenvalue weighted by Gasteiger charge is -2.22. The predicted octanol–water partition coefficient (Wildman–Crippen LogP) is 9.44. The van der Waals surface area contributed by atoms with Gasteiger partial charge in [-0.15, -0.1) is 0 Å². The Morgan fingerprint density at radius 3 is 2.29 bits per heavy atom. The van der Waals surface area contributed by atoms with Gasteiger partial charge in [0.2, 0.25) is 0 Å². The largest absolute Gasteiger partial charge is 0.461 e. The average Bonchev–Trinajstić information content (AvgIpc) is 2.91. The van der Waals surface area contributed by atoms with E-state index in [9.17, 15) is 4.79 Å². The third-order valence-electron chi connectivity index (χ3n) is 5.70. The Hall–Kier alpha value is -0.970. The molecule has 0 saturated carbocycles. The first kappa shape index (κ1) is 35.1. The molecule has 4 nitrogen and oxygen atoms in total. The molecule has 1 aromatic carbocycles. The molecule has 1 rings (SSSR count). The summed E-state index contributed by atoms with van der Waals surface area (Å²) in [7, 11) is 7.29. The van der Waals surface area contributed by atoms with Crippen LogP contribution in [0.2, 0.25) is 0 Å². The highest BCUT2D eigenvalue weighted by Gasteiger charge is 2.15. The molecule has 0 bridgehead atoms. The third kappa shape index (κ3) is 19.1. The van der Waals surface area contributed by atoms with E-state index in [4.69, 9.17) is 13.8 Å². The van der Waals surface area contributed by atoms with Crippen LogP contribution in [0.3, 0.4) is 0 Å². The van der Waals surface area contributed by atoms with E-state index in [2.05, 4.69) is 71.6 Å². The van der Waals surface area contributed by atoms with E-state index in [1.54, 1.807) is 0 Å². The van der Waals surface area contributed by atoms with Crippen molar-refractivity contribution in [1.82, 2.24) is 0 Å². The Balaban J connectivity index is 2.26. The first-order chi connectivity index (χ1) is 18.5. The summed E-state index contributed by atoms with van der Waals surface area (Å²) < 4.78 is 16.9. The molecule has 0 aliphatic heterocycles. The maximum absolute atomic E-state index is 11.9. The zero-order valence-electron chi connectivity index (χ0n) is 22.9. The van der Waals surface area contributed by atoms with Crippen molar-refractivity contribution < 1.29 is 18.6 Å². The Morgan fingerprint density at radius 1 is 0.947 bits per heavy atom. The highest BCUT2D eigenvalue weighted by atomic mass is 32.4. The summed E-state index contributed by atoms with van der Waals surface area (Å²) >= 11 is 0. The molecule has 0 fully saturated rings. The maximum atomic E-state index is 11.9. The molecule has 0 aliphatic rings. The molecule has 38 heavy (non-hydrogen) atoms. The summed E-state index contributed by atoms with van der Waals surface area (Å²) in [5, 5.41) is 0. The molecule has 1 aromatic rings. The summed E-state index contributed by atoms with van der Waals surface area (Å²) in [5.74, 6) is 0.193. The topological polar surface area (TPSA) is 44.8 Å². The van der Waals surface area contributed by atoms with Crippen LogP contribution in [0, 0.1) is 5.92 Å². The second kappa shape index (κ2) is 23.9. The van der Waals surface area contributed by atoms with Crippen molar-refractivity contribution in [3.05, 3.63) is 96.7 Å². The van der Waals surface area contributed by atoms with Gasteiger partial charge in [-0.25, -0.2) is 0 Å². The van der Waals surface area contributed by atoms with Crippen LogP contribution in [0.5, 0.6) is 0 Å². The van der Waals surface area contributed by atoms with Crippen LogP contribution in [0.15, 0.2) is 91.1 Å². The lowest BCUT2D eigenvalue weighted by Crippen LogP contribution is -2.16. The minimum Gasteiger partial charge on any atom is -0.461 e. The summed E-state index contributed by atoms with van der Waals surface area (Å²) in [4.78, 5) is 11.9. The van der Waals surface area contributed by atoms with Gasteiger partial charge in [0, 0.05) is 21.8 Å². The van der Waals surface area contributed by atoms with Gasteiger partial charge < -0.3 is 13.8 Å². The molecule has 0 heterocycles. The SMILES string of the molecule is CC/C=C\CC(OP(P)P)C(C)/C=C/C=C/C=C\C=C\C(CCCCCC(=O)OCc1ccccc1)OP. The van der Waals surface area contributed by atoms with Crippen LogP contribution >= 0.6 is 34.8 Å². The Kier molecular flexibility index (Phi) is 22.0. The molecule has 210 valence electrons. The van der Waals surface area contributed by atoms with Crippen molar-refractivity contribution in [3.63, 3.8) is 0 Å². The maximum Gasteiger partial charge on any atom is 0.306 e. The fourth-order valence-corrected chi connectivity index (χ4v) is 5.28. The molecular weight excluding hydrogens is 548 g/mol. The number of benzene rings is 1. The van der Waals surface area contributed by atoms with E-state index in [1.807, 2.05) is 60.7 Å². The summed E-state index contributed by atoms with van der Waals surface area (Å²) in [6.45, 7) is 4.69. The van der Waals surface area contributed by atoms with E-state index < -0.39 is 7.53 Å². The fraction of sp³-hybridized carbons (Fsp3) is 0.433. The first-order valence-corrected chi connectivity index (χ1v) is 18.3. The van der Waals surface area contributed by atoms with E-state index in [0.717, 1.165) is 44.1 Å². The van der Waals surface area contributed by atoms with Gasteiger partial charge in [-0.2, -0.15) is 0 Å². The number of carbonyl (C=O) groups excluding carboxylic acids is 1. The molecule has 0 aromatic heterocycles. The lowest BCUT2D eigenvalue weighted by molar-refractivity contribution is -0.145. The summed E-state index contributed by atoms with van der Waals surface area (Å²) in [6, 6.07) is 9.76. The minimum absolute atomic E-state index is 0.0389. The minimum atomic E-state index is -0.548. The zero-order valence-corrected chi connectivity index (χ0v) is 27.2. The molecule has 0 saturated heterocycles. The number of rotatable bonds is 20. The first-order valence-electron chi connectivity index (χ1n) is 13.3. The van der Waals surface area contributed by atoms with E-state index in [-0.39, 0.29) is 18.2 Å². The summed E-state index contributed by atoms with van der Waals surface area (Å²) in [5.41, 5.74) is 1.01. The van der Waals surface area contributed by atoms with Crippen LogP contribution < -0.4 is 0 Å². The Bertz CT molecular complexity index is 881. The van der Waals surface area contributed by atoms with E-state index in [0.29, 0.717) is 18.9 Å². The van der Waals surface area contributed by atoms with Crippen LogP contribution in [-0.2, 0) is 25.2 Å². The van der Waals surface area contributed by atoms with Gasteiger partial charge >= 0.3 is 5.97 Å². The Morgan fingerprint density at radius 2 is 1.63 bits per heavy atom. The van der Waals surface area contributed by atoms with Gasteiger partial charge in [0.25, 0.3) is 0 Å². The number of carbonyl (C=O) groups is 1. The molecule has 0 N–H and O–H groups in total. The van der Waals surface area contributed by atoms with Crippen molar-refractivity contribution in [1.29, 1.82) is 0 Å². The molecule has 6 unspecified atom stereocenters. The molecular formula is C30H46O4P4. The number of esters is 1. The molecule has 0 aliphatic carbocycles. The van der Waals surface area contributed by atoms with Gasteiger partial charge in [-0.05, 0) is 31.2 Å². The molecule has 6 atom stereocenters. The Labute approximate surface area is 239 Å². The van der Waals surface area contributed by atoms with Crippen LogP contribution in [0.25, 0.3) is 0 Å². The van der Waals surface area contributed by atoms with Crippen LogP contribution in [-0.4, -0.2) is 18.2 Å². The fourth-order valence-electron chi connectivity index (χ4n) is 3.53. The number of allylic oxidation sites excluding steroid dienone is 7. The smallest absolute Gasteiger partial charge is 0.306 e. The number of ether oxygens (including phenoxy) is 1. The van der Waals surface area contributed by atoms with Crippen molar-refractivity contribution in [3.8, 4) is 0 Å². The highest BCUT2D eigenvalue weighted by Crippen LogP contribution is 2.55. The molecule has 0 spiro atoms. The number of hydrogen-bond acceptors (Lipinski definition) is 4. The van der Waals surface area contributed by atoms with Crippen molar-refractivity contribution in [2.24, 2.45) is 5.92 Å². The van der Waals surface area contributed by atoms with Crippen LogP contribution in [0.4, 0.5) is 0 Å². The van der Waals surface area contributed by atoms with Gasteiger partial charge in [-0.1, -0.05) is 136 Å². The average molecular weight is 595 g/mol. The van der Waals surface area contributed by atoms with Gasteiger partial charge in [0.15, 0.2) is 0 Å². The molecule has 8 heteroatoms. The zero-order chi connectivity index (χ0) is 27.8.